The number of fused-ring (bicyclic) bond motifs is 1. The number of phenols is 1. The Morgan fingerprint density at radius 1 is 1.05 bits per heavy atom. The van der Waals surface area contributed by atoms with Crippen LogP contribution in [-0.2, 0) is 16.1 Å². The summed E-state index contributed by atoms with van der Waals surface area (Å²) in [5.41, 5.74) is -0.310. The second kappa shape index (κ2) is 11.0. The van der Waals surface area contributed by atoms with Gasteiger partial charge in [0.2, 0.25) is 5.91 Å². The minimum Gasteiger partial charge on any atom is -0.508 e. The zero-order valence-electron chi connectivity index (χ0n) is 21.3. The minimum absolute atomic E-state index is 0.0327. The number of nitrogens with one attached hydrogen (secondary N) is 1. The van der Waals surface area contributed by atoms with Crippen LogP contribution in [0.2, 0.25) is 0 Å². The molecule has 2 heterocycles. The lowest BCUT2D eigenvalue weighted by Gasteiger charge is -2.43. The van der Waals surface area contributed by atoms with Gasteiger partial charge in [-0.25, -0.2) is 0 Å². The van der Waals surface area contributed by atoms with E-state index < -0.39 is 35.3 Å². The van der Waals surface area contributed by atoms with Gasteiger partial charge in [0.1, 0.15) is 11.3 Å². The second-order valence-corrected chi connectivity index (χ2v) is 10.1. The van der Waals surface area contributed by atoms with Crippen LogP contribution in [0.3, 0.4) is 0 Å². The molecule has 2 aromatic carbocycles. The molecule has 3 atom stereocenters. The Kier molecular flexibility index (Phi) is 7.75. The van der Waals surface area contributed by atoms with E-state index in [1.807, 2.05) is 44.2 Å². The van der Waals surface area contributed by atoms with E-state index in [1.165, 1.54) is 24.4 Å². The molecule has 9 nitrogen and oxygen atoms in total. The molecule has 3 N–H and O–H groups in total. The molecule has 0 radical (unpaired) electrons. The van der Waals surface area contributed by atoms with Gasteiger partial charge in [-0.15, -0.1) is 0 Å². The molecular weight excluding hydrogens is 486 g/mol. The molecule has 0 saturated carbocycles. The van der Waals surface area contributed by atoms with Gasteiger partial charge in [0.05, 0.1) is 23.1 Å². The minimum atomic E-state index is -1.37. The summed E-state index contributed by atoms with van der Waals surface area (Å²) in [6, 6.07) is 12.3. The molecule has 0 aromatic heterocycles. The van der Waals surface area contributed by atoms with E-state index in [1.54, 1.807) is 12.2 Å². The van der Waals surface area contributed by atoms with E-state index in [4.69, 9.17) is 0 Å². The van der Waals surface area contributed by atoms with Gasteiger partial charge in [0.25, 0.3) is 11.8 Å². The maximum absolute atomic E-state index is 13.8. The average Bonchev–Trinajstić information content (AvgIpc) is 3.46. The Hall–Kier alpha value is -4.27. The Balaban J connectivity index is 1.76. The first-order valence-electron chi connectivity index (χ1n) is 12.6. The molecule has 2 aromatic rings. The fraction of sp³-hybridized carbons (Fsp3) is 0.345. The lowest BCUT2D eigenvalue weighted by molar-refractivity contribution is -0.137. The van der Waals surface area contributed by atoms with Crippen LogP contribution in [0.15, 0.2) is 65.7 Å². The molecular formula is C29H31N3O6. The number of nitrogens with zero attached hydrogens (tertiary/aromatic N) is 2. The number of aromatic hydroxyl groups is 1. The van der Waals surface area contributed by atoms with Crippen molar-refractivity contribution in [2.24, 2.45) is 16.8 Å². The zero-order chi connectivity index (χ0) is 27.4. The highest BCUT2D eigenvalue weighted by Crippen LogP contribution is 2.42. The largest absolute Gasteiger partial charge is 0.508 e. The van der Waals surface area contributed by atoms with Gasteiger partial charge in [0, 0.05) is 19.2 Å². The number of allylic oxidation sites excluding steroid dienone is 1. The van der Waals surface area contributed by atoms with Crippen molar-refractivity contribution in [3.8, 4) is 5.75 Å². The molecule has 4 rings (SSSR count). The monoisotopic (exact) mass is 517 g/mol. The number of carbonyl (C=O) groups is 4. The van der Waals surface area contributed by atoms with Gasteiger partial charge in [-0.05, 0) is 48.6 Å². The summed E-state index contributed by atoms with van der Waals surface area (Å²) in [5, 5.41) is 22.4. The molecule has 38 heavy (non-hydrogen) atoms. The molecule has 0 saturated heterocycles. The number of carboxylic acids is 1. The van der Waals surface area contributed by atoms with Gasteiger partial charge in [-0.3, -0.25) is 29.1 Å². The van der Waals surface area contributed by atoms with E-state index in [0.717, 1.165) is 10.5 Å². The van der Waals surface area contributed by atoms with E-state index in [0.29, 0.717) is 6.42 Å². The summed E-state index contributed by atoms with van der Waals surface area (Å²) >= 11 is 0. The van der Waals surface area contributed by atoms with E-state index in [-0.39, 0.29) is 48.1 Å². The number of carbonyl (C=O) groups excluding carboxylic acids is 3. The number of hydrogen-bond acceptors (Lipinski definition) is 6. The molecule has 2 aliphatic heterocycles. The Labute approximate surface area is 220 Å². The molecule has 0 bridgehead atoms. The third-order valence-corrected chi connectivity index (χ3v) is 7.02. The van der Waals surface area contributed by atoms with Crippen LogP contribution in [0.5, 0.6) is 5.75 Å². The normalized spacial score (nSPS) is 19.6. The number of phenolic OH excluding ortho intramolecular Hbond substituents is 1. The molecule has 2 aliphatic rings. The molecule has 198 valence electrons. The fourth-order valence-corrected chi connectivity index (χ4v) is 5.29. The number of amides is 3. The van der Waals surface area contributed by atoms with Gasteiger partial charge in [-0.1, -0.05) is 50.3 Å². The van der Waals surface area contributed by atoms with E-state index in [9.17, 15) is 29.4 Å². The van der Waals surface area contributed by atoms with Crippen molar-refractivity contribution < 1.29 is 29.4 Å². The predicted molar refractivity (Wildman–Crippen MR) is 141 cm³/mol. The highest BCUT2D eigenvalue weighted by Gasteiger charge is 2.54. The van der Waals surface area contributed by atoms with Crippen LogP contribution in [0, 0.1) is 11.8 Å². The van der Waals surface area contributed by atoms with Crippen LogP contribution in [0.25, 0.3) is 0 Å². The summed E-state index contributed by atoms with van der Waals surface area (Å²) in [4.78, 5) is 58.2. The van der Waals surface area contributed by atoms with Gasteiger partial charge >= 0.3 is 5.97 Å². The first-order chi connectivity index (χ1) is 18.1. The van der Waals surface area contributed by atoms with Crippen molar-refractivity contribution in [1.29, 1.82) is 0 Å². The smallest absolute Gasteiger partial charge is 0.303 e. The molecule has 3 unspecified atom stereocenters. The van der Waals surface area contributed by atoms with Crippen molar-refractivity contribution in [2.75, 3.05) is 0 Å². The van der Waals surface area contributed by atoms with Crippen LogP contribution >= 0.6 is 0 Å². The quantitative estimate of drug-likeness (QED) is 0.390. The third kappa shape index (κ3) is 5.22. The highest BCUT2D eigenvalue weighted by atomic mass is 16.4. The molecule has 0 aliphatic carbocycles. The summed E-state index contributed by atoms with van der Waals surface area (Å²) in [6.07, 6.45) is 4.83. The van der Waals surface area contributed by atoms with Gasteiger partial charge < -0.3 is 15.5 Å². The van der Waals surface area contributed by atoms with E-state index in [2.05, 4.69) is 10.3 Å². The third-order valence-electron chi connectivity index (χ3n) is 7.02. The first kappa shape index (κ1) is 26.8. The topological polar surface area (TPSA) is 136 Å². The summed E-state index contributed by atoms with van der Waals surface area (Å²) in [5.74, 6) is -3.57. The number of aliphatic carboxylic acids is 1. The average molecular weight is 518 g/mol. The number of hydrogen-bond donors (Lipinski definition) is 3. The van der Waals surface area contributed by atoms with Crippen molar-refractivity contribution in [3.63, 3.8) is 0 Å². The standard InChI is InChI=1S/C29H31N3O6/c1-18(2)15-23(26(36)30-17-19-7-4-3-5-8-19)29(13-6-14-31-29)24(11-12-25(34)35)32-27(37)21-10-9-20(33)16-22(21)28(32)38/h3-10,13-14,16,18,23-24,33H,11-12,15,17H2,1-2H3,(H,30,36)(H,34,35). The van der Waals surface area contributed by atoms with Crippen molar-refractivity contribution in [3.05, 3.63) is 77.4 Å². The lowest BCUT2D eigenvalue weighted by atomic mass is 9.72. The van der Waals surface area contributed by atoms with Crippen molar-refractivity contribution in [2.45, 2.75) is 51.2 Å². The Morgan fingerprint density at radius 2 is 1.76 bits per heavy atom. The maximum Gasteiger partial charge on any atom is 0.303 e. The first-order valence-corrected chi connectivity index (χ1v) is 12.6. The molecule has 3 amide bonds. The Morgan fingerprint density at radius 3 is 2.39 bits per heavy atom. The van der Waals surface area contributed by atoms with Crippen LogP contribution in [0.4, 0.5) is 0 Å². The lowest BCUT2D eigenvalue weighted by Crippen LogP contribution is -2.59. The number of aliphatic imine (C=N–C) groups is 1. The maximum atomic E-state index is 13.8. The number of imide groups is 1. The van der Waals surface area contributed by atoms with Gasteiger partial charge in [-0.2, -0.15) is 0 Å². The van der Waals surface area contributed by atoms with Crippen LogP contribution in [0.1, 0.15) is 59.4 Å². The zero-order valence-corrected chi connectivity index (χ0v) is 21.3. The van der Waals surface area contributed by atoms with Gasteiger partial charge in [0.15, 0.2) is 0 Å². The van der Waals surface area contributed by atoms with Crippen LogP contribution in [-0.4, -0.2) is 56.6 Å². The Bertz CT molecular complexity index is 1290. The van der Waals surface area contributed by atoms with Crippen LogP contribution < -0.4 is 5.32 Å². The predicted octanol–water partition coefficient (Wildman–Crippen LogP) is 3.58. The second-order valence-electron chi connectivity index (χ2n) is 10.1. The summed E-state index contributed by atoms with van der Waals surface area (Å²) in [6.45, 7) is 4.21. The summed E-state index contributed by atoms with van der Waals surface area (Å²) < 4.78 is 0. The highest BCUT2D eigenvalue weighted by molar-refractivity contribution is 6.22. The van der Waals surface area contributed by atoms with E-state index >= 15 is 0 Å². The number of benzene rings is 2. The number of rotatable bonds is 11. The molecule has 9 heteroatoms. The fourth-order valence-electron chi connectivity index (χ4n) is 5.29. The number of carboxylic acid groups (broad SMARTS) is 1. The van der Waals surface area contributed by atoms with Crippen molar-refractivity contribution in [1.82, 2.24) is 10.2 Å². The van der Waals surface area contributed by atoms with Crippen molar-refractivity contribution >= 4 is 29.9 Å². The molecule has 0 fully saturated rings. The SMILES string of the molecule is CC(C)CC(C(=O)NCc1ccccc1)C1(C(CCC(=O)O)N2C(=O)c3ccc(O)cc3C2=O)C=CC=N1. The molecule has 0 spiro atoms. The summed E-state index contributed by atoms with van der Waals surface area (Å²) in [7, 11) is 0.